The molecule has 0 bridgehead atoms. The van der Waals surface area contributed by atoms with E-state index in [1.165, 1.54) is 18.2 Å². The van der Waals surface area contributed by atoms with Gasteiger partial charge in [-0.2, -0.15) is 0 Å². The first kappa shape index (κ1) is 14.9. The van der Waals surface area contributed by atoms with Gasteiger partial charge in [-0.15, -0.1) is 0 Å². The molecule has 0 aliphatic rings. The molecular formula is C17H19NO3. The van der Waals surface area contributed by atoms with Crippen LogP contribution in [0.2, 0.25) is 0 Å². The summed E-state index contributed by atoms with van der Waals surface area (Å²) in [5.74, 6) is -0.725. The fourth-order valence-electron chi connectivity index (χ4n) is 1.96. The van der Waals surface area contributed by atoms with Gasteiger partial charge in [0, 0.05) is 5.56 Å². The van der Waals surface area contributed by atoms with E-state index >= 15 is 0 Å². The van der Waals surface area contributed by atoms with E-state index in [1.807, 2.05) is 12.1 Å². The Kier molecular flexibility index (Phi) is 3.89. The van der Waals surface area contributed by atoms with Crippen LogP contribution in [0.4, 0.5) is 5.69 Å². The van der Waals surface area contributed by atoms with Gasteiger partial charge in [0.1, 0.15) is 17.2 Å². The Balaban J connectivity index is 2.21. The molecule has 3 N–H and O–H groups in total. The first-order valence-electron chi connectivity index (χ1n) is 6.72. The zero-order valence-electron chi connectivity index (χ0n) is 12.3. The first-order valence-corrected chi connectivity index (χ1v) is 6.72. The van der Waals surface area contributed by atoms with Gasteiger partial charge < -0.3 is 15.5 Å². The minimum absolute atomic E-state index is 0.0161. The molecule has 0 atom stereocenters. The average molecular weight is 285 g/mol. The fraction of sp³-hybridized carbons (Fsp3) is 0.235. The SMILES string of the molecule is CC(C)(C)c1ccc(C(=O)Nc2c(O)cccc2O)cc1. The van der Waals surface area contributed by atoms with Gasteiger partial charge in [-0.3, -0.25) is 4.79 Å². The van der Waals surface area contributed by atoms with Gasteiger partial charge in [0.05, 0.1) is 0 Å². The Morgan fingerprint density at radius 3 is 1.95 bits per heavy atom. The number of carbonyl (C=O) groups excluding carboxylic acids is 1. The minimum atomic E-state index is -0.382. The maximum atomic E-state index is 12.1. The lowest BCUT2D eigenvalue weighted by atomic mass is 9.87. The number of benzene rings is 2. The number of para-hydroxylation sites is 1. The molecule has 0 aromatic heterocycles. The summed E-state index contributed by atoms with van der Waals surface area (Å²) in [6, 6.07) is 11.6. The summed E-state index contributed by atoms with van der Waals surface area (Å²) in [6.07, 6.45) is 0. The summed E-state index contributed by atoms with van der Waals surface area (Å²) < 4.78 is 0. The molecule has 0 spiro atoms. The molecule has 0 heterocycles. The van der Waals surface area contributed by atoms with Crippen molar-refractivity contribution in [3.63, 3.8) is 0 Å². The second-order valence-corrected chi connectivity index (χ2v) is 5.95. The highest BCUT2D eigenvalue weighted by Crippen LogP contribution is 2.32. The zero-order chi connectivity index (χ0) is 15.6. The van der Waals surface area contributed by atoms with E-state index in [0.717, 1.165) is 5.56 Å². The highest BCUT2D eigenvalue weighted by atomic mass is 16.3. The fourth-order valence-corrected chi connectivity index (χ4v) is 1.96. The summed E-state index contributed by atoms with van der Waals surface area (Å²) in [7, 11) is 0. The van der Waals surface area contributed by atoms with Crippen molar-refractivity contribution in [2.24, 2.45) is 0 Å². The summed E-state index contributed by atoms with van der Waals surface area (Å²) >= 11 is 0. The van der Waals surface area contributed by atoms with Crippen molar-refractivity contribution in [3.05, 3.63) is 53.6 Å². The lowest BCUT2D eigenvalue weighted by Crippen LogP contribution is -2.14. The third-order valence-electron chi connectivity index (χ3n) is 3.27. The molecule has 2 rings (SSSR count). The van der Waals surface area contributed by atoms with Crippen LogP contribution in [0.25, 0.3) is 0 Å². The largest absolute Gasteiger partial charge is 0.506 e. The molecule has 21 heavy (non-hydrogen) atoms. The van der Waals surface area contributed by atoms with Crippen molar-refractivity contribution in [1.29, 1.82) is 0 Å². The average Bonchev–Trinajstić information content (AvgIpc) is 2.42. The molecule has 0 saturated carbocycles. The van der Waals surface area contributed by atoms with Gasteiger partial charge in [-0.25, -0.2) is 0 Å². The van der Waals surface area contributed by atoms with Crippen LogP contribution >= 0.6 is 0 Å². The van der Waals surface area contributed by atoms with E-state index in [2.05, 4.69) is 26.1 Å². The first-order chi connectivity index (χ1) is 9.79. The highest BCUT2D eigenvalue weighted by molar-refractivity contribution is 6.05. The molecule has 1 amide bonds. The van der Waals surface area contributed by atoms with Crippen molar-refractivity contribution in [2.45, 2.75) is 26.2 Å². The number of nitrogens with one attached hydrogen (secondary N) is 1. The van der Waals surface area contributed by atoms with Crippen LogP contribution in [-0.2, 0) is 5.41 Å². The summed E-state index contributed by atoms with van der Waals surface area (Å²) in [6.45, 7) is 6.30. The number of aromatic hydroxyl groups is 2. The molecule has 0 unspecified atom stereocenters. The highest BCUT2D eigenvalue weighted by Gasteiger charge is 2.15. The molecule has 2 aromatic carbocycles. The van der Waals surface area contributed by atoms with E-state index in [1.54, 1.807) is 12.1 Å². The molecule has 0 aliphatic carbocycles. The van der Waals surface area contributed by atoms with E-state index < -0.39 is 0 Å². The van der Waals surface area contributed by atoms with E-state index in [0.29, 0.717) is 5.56 Å². The van der Waals surface area contributed by atoms with E-state index in [4.69, 9.17) is 0 Å². The van der Waals surface area contributed by atoms with Gasteiger partial charge in [0.15, 0.2) is 0 Å². The van der Waals surface area contributed by atoms with Crippen molar-refractivity contribution in [3.8, 4) is 11.5 Å². The maximum Gasteiger partial charge on any atom is 0.255 e. The van der Waals surface area contributed by atoms with Crippen LogP contribution in [0.1, 0.15) is 36.7 Å². The number of phenols is 2. The van der Waals surface area contributed by atoms with Gasteiger partial charge in [-0.05, 0) is 35.2 Å². The second kappa shape index (κ2) is 5.48. The predicted octanol–water partition coefficient (Wildman–Crippen LogP) is 3.65. The molecule has 110 valence electrons. The molecule has 4 nitrogen and oxygen atoms in total. The normalized spacial score (nSPS) is 11.2. The van der Waals surface area contributed by atoms with Crippen molar-refractivity contribution in [1.82, 2.24) is 0 Å². The van der Waals surface area contributed by atoms with Gasteiger partial charge in [0.25, 0.3) is 5.91 Å². The molecule has 0 aliphatic heterocycles. The number of hydrogen-bond acceptors (Lipinski definition) is 3. The Hall–Kier alpha value is -2.49. The number of carbonyl (C=O) groups is 1. The third kappa shape index (κ3) is 3.34. The molecule has 2 aromatic rings. The molecule has 4 heteroatoms. The zero-order valence-corrected chi connectivity index (χ0v) is 12.3. The van der Waals surface area contributed by atoms with E-state index in [9.17, 15) is 15.0 Å². The van der Waals surface area contributed by atoms with Crippen molar-refractivity contribution in [2.75, 3.05) is 5.32 Å². The van der Waals surface area contributed by atoms with Gasteiger partial charge >= 0.3 is 0 Å². The van der Waals surface area contributed by atoms with Gasteiger partial charge in [0.2, 0.25) is 0 Å². The summed E-state index contributed by atoms with van der Waals surface area (Å²) in [5, 5.41) is 21.8. The number of anilines is 1. The predicted molar refractivity (Wildman–Crippen MR) is 82.9 cm³/mol. The molecular weight excluding hydrogens is 266 g/mol. The monoisotopic (exact) mass is 285 g/mol. The Morgan fingerprint density at radius 1 is 0.952 bits per heavy atom. The number of rotatable bonds is 2. The van der Waals surface area contributed by atoms with Crippen LogP contribution in [0, 0.1) is 0 Å². The van der Waals surface area contributed by atoms with Crippen LogP contribution in [-0.4, -0.2) is 16.1 Å². The standard InChI is InChI=1S/C17H19NO3/c1-17(2,3)12-9-7-11(8-10-12)16(21)18-15-13(19)5-4-6-14(15)20/h4-10,19-20H,1-3H3,(H,18,21). The Labute approximate surface area is 124 Å². The maximum absolute atomic E-state index is 12.1. The van der Waals surface area contributed by atoms with Crippen LogP contribution < -0.4 is 5.32 Å². The van der Waals surface area contributed by atoms with Crippen molar-refractivity contribution < 1.29 is 15.0 Å². The third-order valence-corrected chi connectivity index (χ3v) is 3.27. The molecule has 0 saturated heterocycles. The number of phenolic OH excluding ortho intramolecular Hbond substituents is 2. The quantitative estimate of drug-likeness (QED) is 0.738. The minimum Gasteiger partial charge on any atom is -0.506 e. The topological polar surface area (TPSA) is 69.6 Å². The van der Waals surface area contributed by atoms with E-state index in [-0.39, 0.29) is 28.5 Å². The number of amides is 1. The van der Waals surface area contributed by atoms with Crippen LogP contribution in [0.15, 0.2) is 42.5 Å². The summed E-state index contributed by atoms with van der Waals surface area (Å²) in [4.78, 5) is 12.1. The van der Waals surface area contributed by atoms with Gasteiger partial charge in [-0.1, -0.05) is 39.0 Å². The van der Waals surface area contributed by atoms with Crippen molar-refractivity contribution >= 4 is 11.6 Å². The van der Waals surface area contributed by atoms with Crippen LogP contribution in [0.3, 0.4) is 0 Å². The smallest absolute Gasteiger partial charge is 0.255 e. The summed E-state index contributed by atoms with van der Waals surface area (Å²) in [5.41, 5.74) is 1.63. The second-order valence-electron chi connectivity index (χ2n) is 5.95. The lowest BCUT2D eigenvalue weighted by molar-refractivity contribution is 0.102. The lowest BCUT2D eigenvalue weighted by Gasteiger charge is -2.19. The number of hydrogen-bond donors (Lipinski definition) is 3. The molecule has 0 fully saturated rings. The van der Waals surface area contributed by atoms with Crippen LogP contribution in [0.5, 0.6) is 11.5 Å². The Bertz CT molecular complexity index is 634. The molecule has 0 radical (unpaired) electrons. The Morgan fingerprint density at radius 2 is 1.48 bits per heavy atom.